The fraction of sp³-hybridized carbons (Fsp3) is 0.333. The van der Waals surface area contributed by atoms with E-state index in [4.69, 9.17) is 0 Å². The quantitative estimate of drug-likeness (QED) is 0.824. The molecule has 1 aliphatic carbocycles. The molecule has 0 N–H and O–H groups in total. The average molecular weight is 257 g/mol. The molecule has 0 spiro atoms. The molecule has 1 heterocycles. The Bertz CT molecular complexity index is 523. The van der Waals surface area contributed by atoms with Crippen LogP contribution in [0.4, 0.5) is 10.3 Å². The van der Waals surface area contributed by atoms with Crippen molar-refractivity contribution in [2.45, 2.75) is 19.4 Å². The standard InChI is InChI=1S/C15H16FN3/c16-14-6-4-13(5-7-14)11-19(10-12-2-3-12)15-17-8-1-9-18-15/h1,4-9,12H,2-3,10-11H2. The molecular formula is C15H16FN3. The summed E-state index contributed by atoms with van der Waals surface area (Å²) in [4.78, 5) is 10.8. The van der Waals surface area contributed by atoms with E-state index in [0.717, 1.165) is 30.5 Å². The fourth-order valence-corrected chi connectivity index (χ4v) is 2.09. The number of anilines is 1. The van der Waals surface area contributed by atoms with Gasteiger partial charge in [0.1, 0.15) is 5.82 Å². The fourth-order valence-electron chi connectivity index (χ4n) is 2.09. The minimum atomic E-state index is -0.201. The number of halogens is 1. The topological polar surface area (TPSA) is 29.0 Å². The van der Waals surface area contributed by atoms with Gasteiger partial charge in [-0.3, -0.25) is 0 Å². The normalized spacial score (nSPS) is 14.4. The van der Waals surface area contributed by atoms with Crippen LogP contribution in [0.2, 0.25) is 0 Å². The van der Waals surface area contributed by atoms with Crippen LogP contribution in [0.25, 0.3) is 0 Å². The Kier molecular flexibility index (Phi) is 3.40. The second-order valence-electron chi connectivity index (χ2n) is 5.00. The highest BCUT2D eigenvalue weighted by atomic mass is 19.1. The van der Waals surface area contributed by atoms with Crippen molar-refractivity contribution in [2.75, 3.05) is 11.4 Å². The third-order valence-corrected chi connectivity index (χ3v) is 3.30. The van der Waals surface area contributed by atoms with Gasteiger partial charge in [0.05, 0.1) is 0 Å². The van der Waals surface area contributed by atoms with E-state index in [1.807, 2.05) is 18.2 Å². The lowest BCUT2D eigenvalue weighted by atomic mass is 10.2. The van der Waals surface area contributed by atoms with Crippen molar-refractivity contribution in [3.05, 3.63) is 54.1 Å². The molecule has 1 saturated carbocycles. The zero-order chi connectivity index (χ0) is 13.1. The van der Waals surface area contributed by atoms with Gasteiger partial charge in [0.15, 0.2) is 0 Å². The van der Waals surface area contributed by atoms with Crippen LogP contribution in [0.5, 0.6) is 0 Å². The molecule has 2 aromatic rings. The Morgan fingerprint density at radius 3 is 2.42 bits per heavy atom. The Morgan fingerprint density at radius 2 is 1.79 bits per heavy atom. The van der Waals surface area contributed by atoms with Crippen LogP contribution in [0.15, 0.2) is 42.7 Å². The second kappa shape index (κ2) is 5.34. The molecule has 0 amide bonds. The Hall–Kier alpha value is -1.97. The Balaban J connectivity index is 1.77. The van der Waals surface area contributed by atoms with Gasteiger partial charge in [-0.05, 0) is 42.5 Å². The second-order valence-corrected chi connectivity index (χ2v) is 5.00. The van der Waals surface area contributed by atoms with Crippen molar-refractivity contribution in [3.8, 4) is 0 Å². The maximum absolute atomic E-state index is 12.9. The molecule has 1 aromatic carbocycles. The lowest BCUT2D eigenvalue weighted by Gasteiger charge is -2.22. The maximum atomic E-state index is 12.9. The first-order chi connectivity index (χ1) is 9.31. The largest absolute Gasteiger partial charge is 0.336 e. The lowest BCUT2D eigenvalue weighted by Crippen LogP contribution is -2.26. The third-order valence-electron chi connectivity index (χ3n) is 3.30. The van der Waals surface area contributed by atoms with Crippen LogP contribution < -0.4 is 4.90 Å². The van der Waals surface area contributed by atoms with Gasteiger partial charge >= 0.3 is 0 Å². The molecule has 0 aliphatic heterocycles. The van der Waals surface area contributed by atoms with Gasteiger partial charge in [0.25, 0.3) is 0 Å². The van der Waals surface area contributed by atoms with Crippen molar-refractivity contribution in [2.24, 2.45) is 5.92 Å². The van der Waals surface area contributed by atoms with E-state index >= 15 is 0 Å². The summed E-state index contributed by atoms with van der Waals surface area (Å²) >= 11 is 0. The zero-order valence-electron chi connectivity index (χ0n) is 10.7. The van der Waals surface area contributed by atoms with Crippen molar-refractivity contribution in [1.29, 1.82) is 0 Å². The smallest absolute Gasteiger partial charge is 0.225 e. The molecule has 0 atom stereocenters. The highest BCUT2D eigenvalue weighted by Crippen LogP contribution is 2.31. The third kappa shape index (κ3) is 3.28. The summed E-state index contributed by atoms with van der Waals surface area (Å²) in [6.45, 7) is 1.70. The monoisotopic (exact) mass is 257 g/mol. The van der Waals surface area contributed by atoms with Crippen molar-refractivity contribution < 1.29 is 4.39 Å². The molecule has 98 valence electrons. The van der Waals surface area contributed by atoms with Crippen LogP contribution in [-0.4, -0.2) is 16.5 Å². The Labute approximate surface area is 112 Å². The highest BCUT2D eigenvalue weighted by molar-refractivity contribution is 5.32. The first-order valence-corrected chi connectivity index (χ1v) is 6.57. The number of aromatic nitrogens is 2. The molecule has 1 aromatic heterocycles. The van der Waals surface area contributed by atoms with Gasteiger partial charge < -0.3 is 4.90 Å². The summed E-state index contributed by atoms with van der Waals surface area (Å²) < 4.78 is 12.9. The van der Waals surface area contributed by atoms with Gasteiger partial charge in [-0.2, -0.15) is 0 Å². The van der Waals surface area contributed by atoms with Crippen LogP contribution >= 0.6 is 0 Å². The predicted molar refractivity (Wildman–Crippen MR) is 72.2 cm³/mol. The number of nitrogens with zero attached hydrogens (tertiary/aromatic N) is 3. The molecule has 3 rings (SSSR count). The summed E-state index contributed by atoms with van der Waals surface area (Å²) in [7, 11) is 0. The van der Waals surface area contributed by atoms with E-state index in [-0.39, 0.29) is 5.82 Å². The molecule has 3 nitrogen and oxygen atoms in total. The van der Waals surface area contributed by atoms with Gasteiger partial charge in [0, 0.05) is 25.5 Å². The van der Waals surface area contributed by atoms with Gasteiger partial charge in [0.2, 0.25) is 5.95 Å². The molecule has 0 radical (unpaired) electrons. The van der Waals surface area contributed by atoms with Gasteiger partial charge in [-0.25, -0.2) is 14.4 Å². The summed E-state index contributed by atoms with van der Waals surface area (Å²) in [5.74, 6) is 1.30. The van der Waals surface area contributed by atoms with Crippen LogP contribution in [0.3, 0.4) is 0 Å². The van der Waals surface area contributed by atoms with E-state index in [1.54, 1.807) is 12.4 Å². The minimum absolute atomic E-state index is 0.201. The summed E-state index contributed by atoms with van der Waals surface area (Å²) in [6.07, 6.45) is 6.08. The number of benzene rings is 1. The number of rotatable bonds is 5. The van der Waals surface area contributed by atoms with Gasteiger partial charge in [-0.15, -0.1) is 0 Å². The van der Waals surface area contributed by atoms with E-state index in [2.05, 4.69) is 14.9 Å². The minimum Gasteiger partial charge on any atom is -0.336 e. The lowest BCUT2D eigenvalue weighted by molar-refractivity contribution is 0.626. The maximum Gasteiger partial charge on any atom is 0.225 e. The first-order valence-electron chi connectivity index (χ1n) is 6.57. The number of hydrogen-bond acceptors (Lipinski definition) is 3. The van der Waals surface area contributed by atoms with Gasteiger partial charge in [-0.1, -0.05) is 12.1 Å². The summed E-state index contributed by atoms with van der Waals surface area (Å²) in [6, 6.07) is 8.44. The molecule has 0 saturated heterocycles. The zero-order valence-corrected chi connectivity index (χ0v) is 10.7. The molecule has 1 fully saturated rings. The summed E-state index contributed by atoms with van der Waals surface area (Å²) in [5.41, 5.74) is 1.08. The van der Waals surface area contributed by atoms with Crippen LogP contribution in [-0.2, 0) is 6.54 Å². The van der Waals surface area contributed by atoms with Crippen LogP contribution in [0, 0.1) is 11.7 Å². The van der Waals surface area contributed by atoms with Crippen molar-refractivity contribution in [1.82, 2.24) is 9.97 Å². The summed E-state index contributed by atoms with van der Waals surface area (Å²) in [5, 5.41) is 0. The molecule has 1 aliphatic rings. The SMILES string of the molecule is Fc1ccc(CN(CC2CC2)c2ncccn2)cc1. The molecule has 0 unspecified atom stereocenters. The van der Waals surface area contributed by atoms with E-state index in [1.165, 1.54) is 25.0 Å². The molecule has 4 heteroatoms. The average Bonchev–Trinajstić information content (AvgIpc) is 3.26. The predicted octanol–water partition coefficient (Wildman–Crippen LogP) is 3.03. The van der Waals surface area contributed by atoms with Crippen molar-refractivity contribution >= 4 is 5.95 Å². The van der Waals surface area contributed by atoms with Crippen LogP contribution in [0.1, 0.15) is 18.4 Å². The Morgan fingerprint density at radius 1 is 1.11 bits per heavy atom. The van der Waals surface area contributed by atoms with E-state index in [9.17, 15) is 4.39 Å². The van der Waals surface area contributed by atoms with E-state index < -0.39 is 0 Å². The molecular weight excluding hydrogens is 241 g/mol. The number of hydrogen-bond donors (Lipinski definition) is 0. The van der Waals surface area contributed by atoms with E-state index in [0.29, 0.717) is 0 Å². The highest BCUT2D eigenvalue weighted by Gasteiger charge is 2.25. The molecule has 19 heavy (non-hydrogen) atoms. The molecule has 0 bridgehead atoms. The van der Waals surface area contributed by atoms with Crippen molar-refractivity contribution in [3.63, 3.8) is 0 Å². The first kappa shape index (κ1) is 12.1.